The van der Waals surface area contributed by atoms with Crippen LogP contribution < -0.4 is 0 Å². The number of aliphatic hydroxyl groups is 1. The molecule has 2 heteroatoms. The van der Waals surface area contributed by atoms with Gasteiger partial charge >= 0.3 is 0 Å². The third kappa shape index (κ3) is 4.12. The minimum Gasteiger partial charge on any atom is -0.390 e. The molecule has 1 rings (SSSR count). The van der Waals surface area contributed by atoms with E-state index < -0.39 is 0 Å². The van der Waals surface area contributed by atoms with Gasteiger partial charge in [-0.25, -0.2) is 0 Å². The summed E-state index contributed by atoms with van der Waals surface area (Å²) < 4.78 is 5.60. The molecule has 1 aliphatic carbocycles. The lowest BCUT2D eigenvalue weighted by atomic mass is 9.90. The first-order valence-corrected chi connectivity index (χ1v) is 6.59. The maximum absolute atomic E-state index is 10.3. The predicted molar refractivity (Wildman–Crippen MR) is 62.9 cm³/mol. The highest BCUT2D eigenvalue weighted by atomic mass is 16.5. The summed E-state index contributed by atoms with van der Waals surface area (Å²) in [6.45, 7) is 4.81. The molecule has 0 bridgehead atoms. The molecule has 0 aromatic carbocycles. The first-order valence-electron chi connectivity index (χ1n) is 6.59. The van der Waals surface area contributed by atoms with Gasteiger partial charge in [-0.05, 0) is 32.1 Å². The Hall–Kier alpha value is -0.0800. The molecule has 0 amide bonds. The Morgan fingerprint density at radius 1 is 1.13 bits per heavy atom. The fourth-order valence-corrected chi connectivity index (χ4v) is 2.63. The summed E-state index contributed by atoms with van der Waals surface area (Å²) in [5, 5.41) is 10.3. The Bertz CT molecular complexity index is 151. The van der Waals surface area contributed by atoms with Gasteiger partial charge in [-0.3, -0.25) is 0 Å². The Kier molecular flexibility index (Phi) is 6.26. The Balaban J connectivity index is 2.43. The summed E-state index contributed by atoms with van der Waals surface area (Å²) in [7, 11) is 0. The average Bonchev–Trinajstić information content (AvgIpc) is 2.53. The van der Waals surface area contributed by atoms with E-state index in [0.717, 1.165) is 6.42 Å². The van der Waals surface area contributed by atoms with Crippen LogP contribution in [0.4, 0.5) is 0 Å². The standard InChI is InChI=1S/C13H26O2/c1-3-12(15-4-2)13(14)11-9-7-5-6-8-10-11/h11-14H,3-10H2,1-2H3. The van der Waals surface area contributed by atoms with Crippen molar-refractivity contribution >= 4 is 0 Å². The van der Waals surface area contributed by atoms with Gasteiger partial charge in [-0.2, -0.15) is 0 Å². The minimum atomic E-state index is -0.243. The molecule has 1 fully saturated rings. The third-order valence-electron chi connectivity index (χ3n) is 3.55. The number of rotatable bonds is 5. The molecule has 15 heavy (non-hydrogen) atoms. The van der Waals surface area contributed by atoms with Crippen LogP contribution in [0.15, 0.2) is 0 Å². The van der Waals surface area contributed by atoms with Crippen LogP contribution in [-0.2, 0) is 4.74 Å². The fraction of sp³-hybridized carbons (Fsp3) is 1.00. The van der Waals surface area contributed by atoms with Crippen LogP contribution >= 0.6 is 0 Å². The molecule has 0 aliphatic heterocycles. The number of aliphatic hydroxyl groups excluding tert-OH is 1. The maximum Gasteiger partial charge on any atom is 0.0833 e. The molecular weight excluding hydrogens is 188 g/mol. The van der Waals surface area contributed by atoms with E-state index in [1.54, 1.807) is 0 Å². The van der Waals surface area contributed by atoms with Gasteiger partial charge in [-0.1, -0.05) is 32.6 Å². The number of hydrogen-bond donors (Lipinski definition) is 1. The summed E-state index contributed by atoms with van der Waals surface area (Å²) >= 11 is 0. The summed E-state index contributed by atoms with van der Waals surface area (Å²) in [6.07, 6.45) is 8.35. The first kappa shape index (κ1) is 13.0. The van der Waals surface area contributed by atoms with E-state index in [9.17, 15) is 5.11 Å². The van der Waals surface area contributed by atoms with Gasteiger partial charge in [0.15, 0.2) is 0 Å². The zero-order chi connectivity index (χ0) is 11.1. The van der Waals surface area contributed by atoms with Crippen LogP contribution in [-0.4, -0.2) is 23.9 Å². The van der Waals surface area contributed by atoms with Crippen molar-refractivity contribution < 1.29 is 9.84 Å². The van der Waals surface area contributed by atoms with E-state index >= 15 is 0 Å². The van der Waals surface area contributed by atoms with Gasteiger partial charge in [0.25, 0.3) is 0 Å². The molecular formula is C13H26O2. The molecule has 0 radical (unpaired) electrons. The topological polar surface area (TPSA) is 29.5 Å². The highest BCUT2D eigenvalue weighted by molar-refractivity contribution is 4.78. The van der Waals surface area contributed by atoms with Gasteiger partial charge in [0, 0.05) is 6.61 Å². The highest BCUT2D eigenvalue weighted by Crippen LogP contribution is 2.28. The molecule has 0 saturated heterocycles. The van der Waals surface area contributed by atoms with Crippen molar-refractivity contribution in [3.05, 3.63) is 0 Å². The smallest absolute Gasteiger partial charge is 0.0833 e. The largest absolute Gasteiger partial charge is 0.390 e. The van der Waals surface area contributed by atoms with E-state index in [1.807, 2.05) is 6.92 Å². The predicted octanol–water partition coefficient (Wildman–Crippen LogP) is 3.13. The SMILES string of the molecule is CCOC(CC)C(O)C1CCCCCC1. The van der Waals surface area contributed by atoms with Crippen LogP contribution in [0.1, 0.15) is 58.8 Å². The van der Waals surface area contributed by atoms with Crippen molar-refractivity contribution in [3.8, 4) is 0 Å². The molecule has 1 saturated carbocycles. The van der Waals surface area contributed by atoms with Crippen LogP contribution in [0.3, 0.4) is 0 Å². The van der Waals surface area contributed by atoms with Gasteiger partial charge in [0.1, 0.15) is 0 Å². The second-order valence-corrected chi connectivity index (χ2v) is 4.64. The average molecular weight is 214 g/mol. The van der Waals surface area contributed by atoms with Crippen molar-refractivity contribution in [2.24, 2.45) is 5.92 Å². The van der Waals surface area contributed by atoms with Gasteiger partial charge in [-0.15, -0.1) is 0 Å². The monoisotopic (exact) mass is 214 g/mol. The number of ether oxygens (including phenoxy) is 1. The summed E-state index contributed by atoms with van der Waals surface area (Å²) in [5.41, 5.74) is 0. The first-order chi connectivity index (χ1) is 7.29. The lowest BCUT2D eigenvalue weighted by Crippen LogP contribution is -2.35. The van der Waals surface area contributed by atoms with Crippen molar-refractivity contribution in [2.45, 2.75) is 71.0 Å². The molecule has 0 aromatic rings. The maximum atomic E-state index is 10.3. The summed E-state index contributed by atoms with van der Waals surface area (Å²) in [6, 6.07) is 0. The van der Waals surface area contributed by atoms with Crippen molar-refractivity contribution in [2.75, 3.05) is 6.61 Å². The van der Waals surface area contributed by atoms with Crippen molar-refractivity contribution in [3.63, 3.8) is 0 Å². The van der Waals surface area contributed by atoms with E-state index in [4.69, 9.17) is 4.74 Å². The molecule has 1 aliphatic rings. The molecule has 2 atom stereocenters. The van der Waals surface area contributed by atoms with Crippen LogP contribution in [0.5, 0.6) is 0 Å². The zero-order valence-corrected chi connectivity index (χ0v) is 10.2. The zero-order valence-electron chi connectivity index (χ0n) is 10.2. The second-order valence-electron chi connectivity index (χ2n) is 4.64. The minimum absolute atomic E-state index is 0.0538. The molecule has 2 nitrogen and oxygen atoms in total. The molecule has 90 valence electrons. The normalized spacial score (nSPS) is 23.4. The molecule has 0 heterocycles. The fourth-order valence-electron chi connectivity index (χ4n) is 2.63. The summed E-state index contributed by atoms with van der Waals surface area (Å²) in [5.74, 6) is 0.476. The van der Waals surface area contributed by atoms with Crippen LogP contribution in [0.2, 0.25) is 0 Å². The third-order valence-corrected chi connectivity index (χ3v) is 3.55. The summed E-state index contributed by atoms with van der Waals surface area (Å²) in [4.78, 5) is 0. The lowest BCUT2D eigenvalue weighted by molar-refractivity contribution is -0.0623. The Morgan fingerprint density at radius 2 is 1.73 bits per heavy atom. The van der Waals surface area contributed by atoms with E-state index in [0.29, 0.717) is 12.5 Å². The van der Waals surface area contributed by atoms with Crippen molar-refractivity contribution in [1.82, 2.24) is 0 Å². The van der Waals surface area contributed by atoms with Crippen molar-refractivity contribution in [1.29, 1.82) is 0 Å². The molecule has 0 spiro atoms. The van der Waals surface area contributed by atoms with Crippen LogP contribution in [0.25, 0.3) is 0 Å². The van der Waals surface area contributed by atoms with Crippen LogP contribution in [0, 0.1) is 5.92 Å². The van der Waals surface area contributed by atoms with Gasteiger partial charge in [0.05, 0.1) is 12.2 Å². The second kappa shape index (κ2) is 7.24. The van der Waals surface area contributed by atoms with Gasteiger partial charge in [0.2, 0.25) is 0 Å². The van der Waals surface area contributed by atoms with E-state index in [1.165, 1.54) is 38.5 Å². The van der Waals surface area contributed by atoms with Gasteiger partial charge < -0.3 is 9.84 Å². The number of hydrogen-bond acceptors (Lipinski definition) is 2. The Labute approximate surface area is 94.0 Å². The molecule has 1 N–H and O–H groups in total. The van der Waals surface area contributed by atoms with E-state index in [-0.39, 0.29) is 12.2 Å². The Morgan fingerprint density at radius 3 is 2.20 bits per heavy atom. The van der Waals surface area contributed by atoms with E-state index in [2.05, 4.69) is 6.92 Å². The molecule has 2 unspecified atom stereocenters. The quantitative estimate of drug-likeness (QED) is 0.712. The highest BCUT2D eigenvalue weighted by Gasteiger charge is 2.27. The molecule has 0 aromatic heterocycles. The lowest BCUT2D eigenvalue weighted by Gasteiger charge is -2.28.